The van der Waals surface area contributed by atoms with Gasteiger partial charge in [-0.1, -0.05) is 12.1 Å². The molecule has 1 unspecified atom stereocenters. The van der Waals surface area contributed by atoms with Crippen LogP contribution in [0.15, 0.2) is 36.5 Å². The van der Waals surface area contributed by atoms with E-state index in [0.717, 1.165) is 23.4 Å². The van der Waals surface area contributed by atoms with Crippen LogP contribution in [-0.4, -0.2) is 21.0 Å². The number of aromatic nitrogens is 2. The van der Waals surface area contributed by atoms with Gasteiger partial charge in [-0.25, -0.2) is 0 Å². The Morgan fingerprint density at radius 2 is 2.10 bits per heavy atom. The monoisotopic (exact) mass is 274 g/mol. The molecule has 0 radical (unpaired) electrons. The summed E-state index contributed by atoms with van der Waals surface area (Å²) >= 11 is 0. The Morgan fingerprint density at radius 3 is 2.75 bits per heavy atom. The Balaban J connectivity index is 1.98. The number of hydrogen-bond donors (Lipinski definition) is 1. The maximum Gasteiger partial charge on any atom is 0.120 e. The highest BCUT2D eigenvalue weighted by Crippen LogP contribution is 2.23. The molecule has 0 aliphatic rings. The highest BCUT2D eigenvalue weighted by Gasteiger charge is 2.10. The van der Waals surface area contributed by atoms with Crippen LogP contribution in [0.25, 0.3) is 0 Å². The zero-order valence-electron chi connectivity index (χ0n) is 12.3. The summed E-state index contributed by atoms with van der Waals surface area (Å²) in [7, 11) is 1.92. The van der Waals surface area contributed by atoms with Crippen molar-refractivity contribution < 1.29 is 9.84 Å². The van der Waals surface area contributed by atoms with Gasteiger partial charge in [-0.05, 0) is 50.5 Å². The van der Waals surface area contributed by atoms with E-state index in [4.69, 9.17) is 4.74 Å². The molecular weight excluding hydrogens is 252 g/mol. The fourth-order valence-electron chi connectivity index (χ4n) is 2.17. The van der Waals surface area contributed by atoms with Crippen molar-refractivity contribution in [2.75, 3.05) is 0 Å². The van der Waals surface area contributed by atoms with E-state index in [0.29, 0.717) is 6.42 Å². The van der Waals surface area contributed by atoms with E-state index >= 15 is 0 Å². The molecule has 4 nitrogen and oxygen atoms in total. The second kappa shape index (κ2) is 6.57. The van der Waals surface area contributed by atoms with E-state index in [2.05, 4.69) is 5.10 Å². The predicted molar refractivity (Wildman–Crippen MR) is 78.7 cm³/mol. The Morgan fingerprint density at radius 1 is 1.30 bits per heavy atom. The molecule has 108 valence electrons. The first-order valence-electron chi connectivity index (χ1n) is 6.98. The molecule has 4 heteroatoms. The summed E-state index contributed by atoms with van der Waals surface area (Å²) in [5.41, 5.74) is 2.02. The van der Waals surface area contributed by atoms with Gasteiger partial charge in [0.05, 0.1) is 12.2 Å². The minimum Gasteiger partial charge on any atom is -0.491 e. The molecule has 1 atom stereocenters. The summed E-state index contributed by atoms with van der Waals surface area (Å²) < 4.78 is 7.49. The Bertz CT molecular complexity index is 549. The number of hydrogen-bond acceptors (Lipinski definition) is 3. The van der Waals surface area contributed by atoms with E-state index < -0.39 is 6.10 Å². The molecule has 1 aromatic heterocycles. The minimum atomic E-state index is -0.486. The second-order valence-corrected chi connectivity index (χ2v) is 5.24. The van der Waals surface area contributed by atoms with Crippen molar-refractivity contribution in [3.05, 3.63) is 47.8 Å². The lowest BCUT2D eigenvalue weighted by Crippen LogP contribution is -2.07. The number of benzene rings is 1. The number of aliphatic hydroxyl groups is 1. The van der Waals surface area contributed by atoms with Crippen molar-refractivity contribution in [3.63, 3.8) is 0 Å². The second-order valence-electron chi connectivity index (χ2n) is 5.24. The molecule has 2 rings (SSSR count). The van der Waals surface area contributed by atoms with Crippen molar-refractivity contribution >= 4 is 0 Å². The third-order valence-corrected chi connectivity index (χ3v) is 3.21. The maximum absolute atomic E-state index is 10.3. The number of aliphatic hydroxyl groups excluding tert-OH is 1. The third kappa shape index (κ3) is 3.84. The largest absolute Gasteiger partial charge is 0.491 e. The first-order valence-corrected chi connectivity index (χ1v) is 6.98. The van der Waals surface area contributed by atoms with E-state index in [1.165, 1.54) is 0 Å². The van der Waals surface area contributed by atoms with Crippen molar-refractivity contribution in [3.8, 4) is 5.75 Å². The van der Waals surface area contributed by atoms with Gasteiger partial charge in [-0.3, -0.25) is 4.68 Å². The van der Waals surface area contributed by atoms with Crippen molar-refractivity contribution in [1.82, 2.24) is 9.78 Å². The number of rotatable bonds is 6. The van der Waals surface area contributed by atoms with Gasteiger partial charge < -0.3 is 9.84 Å². The molecule has 1 N–H and O–H groups in total. The Kier molecular flexibility index (Phi) is 4.79. The third-order valence-electron chi connectivity index (χ3n) is 3.21. The van der Waals surface area contributed by atoms with E-state index in [1.54, 1.807) is 6.20 Å². The highest BCUT2D eigenvalue weighted by molar-refractivity contribution is 5.30. The summed E-state index contributed by atoms with van der Waals surface area (Å²) in [6, 6.07) is 9.65. The van der Waals surface area contributed by atoms with Gasteiger partial charge in [0.1, 0.15) is 5.75 Å². The highest BCUT2D eigenvalue weighted by atomic mass is 16.5. The zero-order chi connectivity index (χ0) is 14.5. The van der Waals surface area contributed by atoms with Crippen LogP contribution in [0.5, 0.6) is 5.75 Å². The van der Waals surface area contributed by atoms with Crippen LogP contribution in [-0.2, 0) is 13.5 Å². The van der Waals surface area contributed by atoms with Crippen molar-refractivity contribution in [2.24, 2.45) is 7.05 Å². The summed E-state index contributed by atoms with van der Waals surface area (Å²) in [4.78, 5) is 0. The van der Waals surface area contributed by atoms with Gasteiger partial charge in [0.2, 0.25) is 0 Å². The number of ether oxygens (including phenoxy) is 1. The normalized spacial score (nSPS) is 12.7. The van der Waals surface area contributed by atoms with Gasteiger partial charge in [0, 0.05) is 18.9 Å². The van der Waals surface area contributed by atoms with E-state index in [1.807, 2.05) is 55.9 Å². The molecule has 1 aromatic carbocycles. The quantitative estimate of drug-likeness (QED) is 0.881. The van der Waals surface area contributed by atoms with Crippen LogP contribution in [0.3, 0.4) is 0 Å². The SMILES string of the molecule is CC(C)Oc1cccc(C(O)CCc2ccnn2C)c1. The van der Waals surface area contributed by atoms with Gasteiger partial charge >= 0.3 is 0 Å². The molecule has 0 saturated carbocycles. The molecule has 0 aliphatic heterocycles. The van der Waals surface area contributed by atoms with E-state index in [-0.39, 0.29) is 6.10 Å². The van der Waals surface area contributed by atoms with Crippen molar-refractivity contribution in [1.29, 1.82) is 0 Å². The van der Waals surface area contributed by atoms with Gasteiger partial charge in [0.25, 0.3) is 0 Å². The summed E-state index contributed by atoms with van der Waals surface area (Å²) in [6.45, 7) is 3.98. The van der Waals surface area contributed by atoms with Gasteiger partial charge in [-0.15, -0.1) is 0 Å². The first kappa shape index (κ1) is 14.6. The fraction of sp³-hybridized carbons (Fsp3) is 0.438. The zero-order valence-corrected chi connectivity index (χ0v) is 12.3. The van der Waals surface area contributed by atoms with Crippen LogP contribution in [0.2, 0.25) is 0 Å². The summed E-state index contributed by atoms with van der Waals surface area (Å²) in [5, 5.41) is 14.4. The van der Waals surface area contributed by atoms with Crippen LogP contribution in [0.4, 0.5) is 0 Å². The molecule has 20 heavy (non-hydrogen) atoms. The fourth-order valence-corrected chi connectivity index (χ4v) is 2.17. The topological polar surface area (TPSA) is 47.3 Å². The number of aryl methyl sites for hydroxylation is 2. The molecule has 0 fully saturated rings. The summed E-state index contributed by atoms with van der Waals surface area (Å²) in [5.74, 6) is 0.803. The molecule has 0 amide bonds. The lowest BCUT2D eigenvalue weighted by atomic mass is 10.0. The maximum atomic E-state index is 10.3. The molecule has 2 aromatic rings. The van der Waals surface area contributed by atoms with Crippen LogP contribution < -0.4 is 4.74 Å². The first-order chi connectivity index (χ1) is 9.56. The van der Waals surface area contributed by atoms with Gasteiger partial charge in [0.15, 0.2) is 0 Å². The average Bonchev–Trinajstić information content (AvgIpc) is 2.81. The molecule has 0 bridgehead atoms. The van der Waals surface area contributed by atoms with Crippen molar-refractivity contribution in [2.45, 2.75) is 38.9 Å². The standard InChI is InChI=1S/C16H22N2O2/c1-12(2)20-15-6-4-5-13(11-15)16(19)8-7-14-9-10-17-18(14)3/h4-6,9-12,16,19H,7-8H2,1-3H3. The van der Waals surface area contributed by atoms with E-state index in [9.17, 15) is 5.11 Å². The minimum absolute atomic E-state index is 0.136. The molecule has 0 saturated heterocycles. The lowest BCUT2D eigenvalue weighted by molar-refractivity contribution is 0.166. The Labute approximate surface area is 120 Å². The average molecular weight is 274 g/mol. The molecule has 0 aliphatic carbocycles. The Hall–Kier alpha value is -1.81. The smallest absolute Gasteiger partial charge is 0.120 e. The molecule has 1 heterocycles. The number of nitrogens with zero attached hydrogens (tertiary/aromatic N) is 2. The van der Waals surface area contributed by atoms with Crippen LogP contribution >= 0.6 is 0 Å². The van der Waals surface area contributed by atoms with Crippen LogP contribution in [0.1, 0.15) is 37.6 Å². The lowest BCUT2D eigenvalue weighted by Gasteiger charge is -2.14. The van der Waals surface area contributed by atoms with Crippen LogP contribution in [0, 0.1) is 0 Å². The van der Waals surface area contributed by atoms with Gasteiger partial charge in [-0.2, -0.15) is 5.10 Å². The summed E-state index contributed by atoms with van der Waals surface area (Å²) in [6.07, 6.45) is 2.90. The predicted octanol–water partition coefficient (Wildman–Crippen LogP) is 2.87. The molecule has 0 spiro atoms. The molecular formula is C16H22N2O2.